The number of carbonyl (C=O) groups is 1. The average Bonchev–Trinajstić information content (AvgIpc) is 3.02. The van der Waals surface area contributed by atoms with Gasteiger partial charge in [-0.2, -0.15) is 0 Å². The van der Waals surface area contributed by atoms with Crippen molar-refractivity contribution in [3.63, 3.8) is 0 Å². The summed E-state index contributed by atoms with van der Waals surface area (Å²) in [6.07, 6.45) is 1.80. The number of aromatic nitrogens is 2. The first-order valence-corrected chi connectivity index (χ1v) is 9.28. The number of ether oxygens (including phenoxy) is 1. The molecule has 7 heteroatoms. The smallest absolute Gasteiger partial charge is 0.234 e. The number of imidazole rings is 1. The second kappa shape index (κ2) is 8.29. The van der Waals surface area contributed by atoms with Crippen LogP contribution in [-0.4, -0.2) is 28.3 Å². The molecule has 0 bridgehead atoms. The topological polar surface area (TPSA) is 56.1 Å². The number of amides is 1. The number of nitrogens with one attached hydrogen (secondary N) is 1. The number of rotatable bonds is 6. The van der Waals surface area contributed by atoms with Gasteiger partial charge in [0.05, 0.1) is 30.4 Å². The largest absolute Gasteiger partial charge is 0.495 e. The highest BCUT2D eigenvalue weighted by Gasteiger charge is 2.12. The maximum Gasteiger partial charge on any atom is 0.234 e. The Balaban J connectivity index is 1.65. The van der Waals surface area contributed by atoms with Gasteiger partial charge in [-0.05, 0) is 29.8 Å². The van der Waals surface area contributed by atoms with Gasteiger partial charge >= 0.3 is 0 Å². The van der Waals surface area contributed by atoms with Gasteiger partial charge in [0.15, 0.2) is 5.16 Å². The van der Waals surface area contributed by atoms with E-state index in [2.05, 4.69) is 10.3 Å². The van der Waals surface area contributed by atoms with E-state index in [1.165, 1.54) is 11.8 Å². The molecule has 5 nitrogen and oxygen atoms in total. The Labute approximate surface area is 161 Å². The van der Waals surface area contributed by atoms with Crippen molar-refractivity contribution in [2.45, 2.75) is 5.16 Å². The zero-order valence-corrected chi connectivity index (χ0v) is 16.0. The SMILES string of the molecule is COc1ccccc1NC(=O)CSc1ncc(-c2ccc(Cl)cc2)n1C. The first kappa shape index (κ1) is 18.4. The van der Waals surface area contributed by atoms with Crippen LogP contribution in [0.25, 0.3) is 11.3 Å². The summed E-state index contributed by atoms with van der Waals surface area (Å²) in [7, 11) is 3.50. The van der Waals surface area contributed by atoms with Crippen LogP contribution in [0.15, 0.2) is 59.9 Å². The Morgan fingerprint density at radius 2 is 1.96 bits per heavy atom. The molecule has 3 rings (SSSR count). The molecule has 0 aliphatic carbocycles. The normalized spacial score (nSPS) is 10.6. The minimum atomic E-state index is -0.115. The van der Waals surface area contributed by atoms with E-state index in [1.807, 2.05) is 48.0 Å². The van der Waals surface area contributed by atoms with Crippen molar-refractivity contribution in [1.29, 1.82) is 0 Å². The molecule has 3 aromatic rings. The predicted molar refractivity (Wildman–Crippen MR) is 106 cm³/mol. The van der Waals surface area contributed by atoms with Crippen molar-refractivity contribution in [3.8, 4) is 17.0 Å². The van der Waals surface area contributed by atoms with Crippen LogP contribution in [0.4, 0.5) is 5.69 Å². The van der Waals surface area contributed by atoms with Gasteiger partial charge in [-0.3, -0.25) is 4.79 Å². The number of benzene rings is 2. The minimum Gasteiger partial charge on any atom is -0.495 e. The Morgan fingerprint density at radius 1 is 1.23 bits per heavy atom. The number of methoxy groups -OCH3 is 1. The Hall–Kier alpha value is -2.44. The summed E-state index contributed by atoms with van der Waals surface area (Å²) in [6, 6.07) is 14.9. The van der Waals surface area contributed by atoms with Crippen LogP contribution in [-0.2, 0) is 11.8 Å². The molecule has 0 radical (unpaired) electrons. The van der Waals surface area contributed by atoms with E-state index in [0.717, 1.165) is 16.4 Å². The van der Waals surface area contributed by atoms with Crippen molar-refractivity contribution in [3.05, 3.63) is 59.8 Å². The molecular formula is C19H18ClN3O2S. The van der Waals surface area contributed by atoms with Crippen molar-refractivity contribution in [2.75, 3.05) is 18.2 Å². The summed E-state index contributed by atoms with van der Waals surface area (Å²) in [4.78, 5) is 16.7. The van der Waals surface area contributed by atoms with Crippen LogP contribution in [0.5, 0.6) is 5.75 Å². The molecule has 1 aromatic heterocycles. The third-order valence-corrected chi connectivity index (χ3v) is 5.09. The fourth-order valence-electron chi connectivity index (χ4n) is 2.48. The number of hydrogen-bond acceptors (Lipinski definition) is 4. The standard InChI is InChI=1S/C19H18ClN3O2S/c1-23-16(13-7-9-14(20)10-8-13)11-21-19(23)26-12-18(24)22-15-5-3-4-6-17(15)25-2/h3-11H,12H2,1-2H3,(H,22,24). The zero-order chi connectivity index (χ0) is 18.5. The number of thioether (sulfide) groups is 1. The molecule has 1 heterocycles. The van der Waals surface area contributed by atoms with Gasteiger partial charge in [0.25, 0.3) is 0 Å². The van der Waals surface area contributed by atoms with Crippen LogP contribution in [0.2, 0.25) is 5.02 Å². The van der Waals surface area contributed by atoms with E-state index < -0.39 is 0 Å². The van der Waals surface area contributed by atoms with Gasteiger partial charge in [0.2, 0.25) is 5.91 Å². The van der Waals surface area contributed by atoms with Gasteiger partial charge < -0.3 is 14.6 Å². The van der Waals surface area contributed by atoms with E-state index in [0.29, 0.717) is 16.5 Å². The number of halogens is 1. The first-order valence-electron chi connectivity index (χ1n) is 7.92. The lowest BCUT2D eigenvalue weighted by Gasteiger charge is -2.10. The second-order valence-corrected chi connectivity index (χ2v) is 6.91. The summed E-state index contributed by atoms with van der Waals surface area (Å²) in [5.74, 6) is 0.770. The first-order chi connectivity index (χ1) is 12.6. The molecule has 1 N–H and O–H groups in total. The van der Waals surface area contributed by atoms with Crippen molar-refractivity contribution in [2.24, 2.45) is 7.05 Å². The summed E-state index contributed by atoms with van der Waals surface area (Å²) in [6.45, 7) is 0. The van der Waals surface area contributed by atoms with Gasteiger partial charge in [-0.1, -0.05) is 47.6 Å². The summed E-state index contributed by atoms with van der Waals surface area (Å²) in [5, 5.41) is 4.32. The van der Waals surface area contributed by atoms with Gasteiger partial charge in [-0.25, -0.2) is 4.98 Å². The molecule has 1 amide bonds. The lowest BCUT2D eigenvalue weighted by Crippen LogP contribution is -2.15. The molecule has 0 unspecified atom stereocenters. The molecule has 0 aliphatic rings. The molecule has 26 heavy (non-hydrogen) atoms. The quantitative estimate of drug-likeness (QED) is 0.633. The second-order valence-electron chi connectivity index (χ2n) is 5.53. The van der Waals surface area contributed by atoms with E-state index in [1.54, 1.807) is 25.4 Å². The third kappa shape index (κ3) is 4.20. The highest BCUT2D eigenvalue weighted by atomic mass is 35.5. The van der Waals surface area contributed by atoms with Crippen molar-refractivity contribution in [1.82, 2.24) is 9.55 Å². The van der Waals surface area contributed by atoms with Crippen LogP contribution < -0.4 is 10.1 Å². The van der Waals surface area contributed by atoms with Gasteiger partial charge in [-0.15, -0.1) is 0 Å². The summed E-state index contributed by atoms with van der Waals surface area (Å²) < 4.78 is 7.20. The molecule has 2 aromatic carbocycles. The Bertz CT molecular complexity index is 909. The fourth-order valence-corrected chi connectivity index (χ4v) is 3.36. The van der Waals surface area contributed by atoms with Crippen LogP contribution in [0.3, 0.4) is 0 Å². The van der Waals surface area contributed by atoms with Gasteiger partial charge in [0.1, 0.15) is 5.75 Å². The number of nitrogens with zero attached hydrogens (tertiary/aromatic N) is 2. The lowest BCUT2D eigenvalue weighted by atomic mass is 10.2. The van der Waals surface area contributed by atoms with Crippen molar-refractivity contribution < 1.29 is 9.53 Å². The number of para-hydroxylation sites is 2. The average molecular weight is 388 g/mol. The summed E-state index contributed by atoms with van der Waals surface area (Å²) >= 11 is 7.32. The van der Waals surface area contributed by atoms with E-state index in [9.17, 15) is 4.79 Å². The van der Waals surface area contributed by atoms with Crippen LogP contribution in [0, 0.1) is 0 Å². The molecule has 0 saturated carbocycles. The molecule has 0 aliphatic heterocycles. The molecule has 0 atom stereocenters. The highest BCUT2D eigenvalue weighted by Crippen LogP contribution is 2.27. The van der Waals surface area contributed by atoms with E-state index in [-0.39, 0.29) is 11.7 Å². The maximum atomic E-state index is 12.2. The van der Waals surface area contributed by atoms with Gasteiger partial charge in [0, 0.05) is 12.1 Å². The third-order valence-electron chi connectivity index (χ3n) is 3.80. The number of hydrogen-bond donors (Lipinski definition) is 1. The highest BCUT2D eigenvalue weighted by molar-refractivity contribution is 7.99. The van der Waals surface area contributed by atoms with Crippen molar-refractivity contribution >= 4 is 35.0 Å². The van der Waals surface area contributed by atoms with E-state index >= 15 is 0 Å². The predicted octanol–water partition coefficient (Wildman–Crippen LogP) is 4.48. The van der Waals surface area contributed by atoms with Crippen LogP contribution >= 0.6 is 23.4 Å². The fraction of sp³-hybridized carbons (Fsp3) is 0.158. The van der Waals surface area contributed by atoms with Crippen LogP contribution in [0.1, 0.15) is 0 Å². The number of anilines is 1. The monoisotopic (exact) mass is 387 g/mol. The Morgan fingerprint density at radius 3 is 2.69 bits per heavy atom. The molecule has 0 fully saturated rings. The lowest BCUT2D eigenvalue weighted by molar-refractivity contribution is -0.113. The summed E-state index contributed by atoms with van der Waals surface area (Å²) in [5.41, 5.74) is 2.64. The maximum absolute atomic E-state index is 12.2. The molecule has 134 valence electrons. The molecule has 0 saturated heterocycles. The zero-order valence-electron chi connectivity index (χ0n) is 14.4. The molecular weight excluding hydrogens is 370 g/mol. The minimum absolute atomic E-state index is 0.115. The Kier molecular flexibility index (Phi) is 5.85. The van der Waals surface area contributed by atoms with E-state index in [4.69, 9.17) is 16.3 Å². The molecule has 0 spiro atoms. The number of carbonyl (C=O) groups excluding carboxylic acids is 1.